The first kappa shape index (κ1) is 12.2. The quantitative estimate of drug-likeness (QED) is 0.552. The highest BCUT2D eigenvalue weighted by Gasteiger charge is 2.19. The molecule has 0 spiro atoms. The number of fused-ring (bicyclic) bond motifs is 1. The zero-order chi connectivity index (χ0) is 14.3. The second-order valence-electron chi connectivity index (χ2n) is 4.18. The number of nitrogens with two attached hydrogens (primary N) is 1. The fourth-order valence-electron chi connectivity index (χ4n) is 1.93. The van der Waals surface area contributed by atoms with Crippen LogP contribution in [-0.4, -0.2) is 9.91 Å². The van der Waals surface area contributed by atoms with Gasteiger partial charge in [0, 0.05) is 0 Å². The van der Waals surface area contributed by atoms with E-state index in [1.165, 1.54) is 12.1 Å². The van der Waals surface area contributed by atoms with Crippen LogP contribution < -0.4 is 11.5 Å². The molecular formula is C12H9N3O5. The van der Waals surface area contributed by atoms with Gasteiger partial charge in [-0.05, 0) is 23.8 Å². The second kappa shape index (κ2) is 4.35. The summed E-state index contributed by atoms with van der Waals surface area (Å²) >= 11 is 0. The third kappa shape index (κ3) is 1.97. The Morgan fingerprint density at radius 1 is 1.25 bits per heavy atom. The summed E-state index contributed by atoms with van der Waals surface area (Å²) in [5.41, 5.74) is 7.51. The Bertz CT molecular complexity index is 844. The summed E-state index contributed by atoms with van der Waals surface area (Å²) in [6.07, 6.45) is 0. The van der Waals surface area contributed by atoms with Crippen molar-refractivity contribution in [3.8, 4) is 0 Å². The Labute approximate surface area is 110 Å². The van der Waals surface area contributed by atoms with Crippen molar-refractivity contribution in [3.05, 3.63) is 62.3 Å². The Balaban J connectivity index is 1.99. The minimum absolute atomic E-state index is 0.258. The molecule has 2 heterocycles. The van der Waals surface area contributed by atoms with Crippen molar-refractivity contribution in [2.75, 3.05) is 0 Å². The van der Waals surface area contributed by atoms with E-state index in [1.807, 2.05) is 0 Å². The molecule has 20 heavy (non-hydrogen) atoms. The van der Waals surface area contributed by atoms with Gasteiger partial charge in [-0.1, -0.05) is 6.07 Å². The van der Waals surface area contributed by atoms with E-state index in [1.54, 1.807) is 18.2 Å². The molecule has 0 aliphatic rings. The van der Waals surface area contributed by atoms with E-state index in [4.69, 9.17) is 14.6 Å². The van der Waals surface area contributed by atoms with Crippen LogP contribution in [0.5, 0.6) is 0 Å². The molecule has 0 amide bonds. The van der Waals surface area contributed by atoms with Crippen LogP contribution in [0, 0.1) is 10.1 Å². The molecule has 2 aromatic heterocycles. The first-order chi connectivity index (χ1) is 9.54. The van der Waals surface area contributed by atoms with Crippen LogP contribution in [0.1, 0.15) is 17.4 Å². The molecule has 0 aliphatic carbocycles. The van der Waals surface area contributed by atoms with Crippen LogP contribution in [0.3, 0.4) is 0 Å². The van der Waals surface area contributed by atoms with Crippen LogP contribution in [0.4, 0.5) is 5.88 Å². The lowest BCUT2D eigenvalue weighted by Crippen LogP contribution is -2.10. The molecule has 8 heteroatoms. The average molecular weight is 275 g/mol. The first-order valence-corrected chi connectivity index (χ1v) is 5.67. The van der Waals surface area contributed by atoms with E-state index in [9.17, 15) is 14.9 Å². The number of benzene rings is 1. The lowest BCUT2D eigenvalue weighted by Gasteiger charge is -2.08. The predicted octanol–water partition coefficient (Wildman–Crippen LogP) is 1.67. The van der Waals surface area contributed by atoms with Crippen molar-refractivity contribution in [1.29, 1.82) is 0 Å². The molecule has 0 bridgehead atoms. The Hall–Kier alpha value is -2.87. The van der Waals surface area contributed by atoms with E-state index in [0.29, 0.717) is 16.7 Å². The normalized spacial score (nSPS) is 12.7. The molecular weight excluding hydrogens is 266 g/mol. The molecule has 3 aromatic rings. The SMILES string of the molecule is NC(c1ccc2[nH]c(=O)oc2c1)c1ccc([N+](=O)[O-])o1. The average Bonchev–Trinajstić information content (AvgIpc) is 3.02. The van der Waals surface area contributed by atoms with Gasteiger partial charge in [0.2, 0.25) is 0 Å². The van der Waals surface area contributed by atoms with E-state index in [0.717, 1.165) is 0 Å². The number of hydrogen-bond donors (Lipinski definition) is 2. The van der Waals surface area contributed by atoms with Gasteiger partial charge in [0.05, 0.1) is 17.6 Å². The van der Waals surface area contributed by atoms with Gasteiger partial charge >= 0.3 is 11.6 Å². The van der Waals surface area contributed by atoms with Gasteiger partial charge in [-0.15, -0.1) is 0 Å². The van der Waals surface area contributed by atoms with Crippen molar-refractivity contribution >= 4 is 17.0 Å². The third-order valence-electron chi connectivity index (χ3n) is 2.90. The predicted molar refractivity (Wildman–Crippen MR) is 68.2 cm³/mol. The highest BCUT2D eigenvalue weighted by molar-refractivity contribution is 5.73. The molecule has 8 nitrogen and oxygen atoms in total. The molecule has 0 fully saturated rings. The monoisotopic (exact) mass is 275 g/mol. The minimum Gasteiger partial charge on any atom is -0.408 e. The lowest BCUT2D eigenvalue weighted by molar-refractivity contribution is -0.402. The maximum Gasteiger partial charge on any atom is 0.433 e. The molecule has 1 unspecified atom stereocenters. The molecule has 3 N–H and O–H groups in total. The van der Waals surface area contributed by atoms with E-state index < -0.39 is 16.7 Å². The van der Waals surface area contributed by atoms with E-state index in [2.05, 4.69) is 4.98 Å². The van der Waals surface area contributed by atoms with Crippen LogP contribution in [-0.2, 0) is 0 Å². The van der Waals surface area contributed by atoms with Crippen LogP contribution in [0.15, 0.2) is 44.0 Å². The highest BCUT2D eigenvalue weighted by Crippen LogP contribution is 2.26. The van der Waals surface area contributed by atoms with Gasteiger partial charge in [0.15, 0.2) is 5.58 Å². The Morgan fingerprint density at radius 2 is 2.05 bits per heavy atom. The number of aromatic amines is 1. The summed E-state index contributed by atoms with van der Waals surface area (Å²) < 4.78 is 9.99. The fraction of sp³-hybridized carbons (Fsp3) is 0.0833. The van der Waals surface area contributed by atoms with Crippen molar-refractivity contribution in [2.45, 2.75) is 6.04 Å². The van der Waals surface area contributed by atoms with Crippen LogP contribution in [0.25, 0.3) is 11.1 Å². The topological polar surface area (TPSA) is 128 Å². The third-order valence-corrected chi connectivity index (χ3v) is 2.90. The standard InChI is InChI=1S/C12H9N3O5/c13-11(8-3-4-10(19-8)15(17)18)6-1-2-7-9(5-6)20-12(16)14-7/h1-5,11H,13H2,(H,14,16). The number of nitrogens with zero attached hydrogens (tertiary/aromatic N) is 1. The maximum atomic E-state index is 11.1. The number of furan rings is 1. The summed E-state index contributed by atoms with van der Waals surface area (Å²) in [5, 5.41) is 10.6. The van der Waals surface area contributed by atoms with E-state index >= 15 is 0 Å². The number of hydrogen-bond acceptors (Lipinski definition) is 6. The van der Waals surface area contributed by atoms with Crippen LogP contribution in [0.2, 0.25) is 0 Å². The Morgan fingerprint density at radius 3 is 2.75 bits per heavy atom. The molecule has 0 aliphatic heterocycles. The zero-order valence-electron chi connectivity index (χ0n) is 10.0. The first-order valence-electron chi connectivity index (χ1n) is 5.67. The molecule has 0 saturated heterocycles. The van der Waals surface area contributed by atoms with Gasteiger partial charge in [0.25, 0.3) is 0 Å². The second-order valence-corrected chi connectivity index (χ2v) is 4.18. The largest absolute Gasteiger partial charge is 0.433 e. The molecule has 1 aromatic carbocycles. The number of rotatable bonds is 3. The van der Waals surface area contributed by atoms with Gasteiger partial charge in [-0.3, -0.25) is 15.1 Å². The summed E-state index contributed by atoms with van der Waals surface area (Å²) in [5.74, 6) is -0.669. The van der Waals surface area contributed by atoms with Crippen molar-refractivity contribution in [2.24, 2.45) is 5.73 Å². The molecule has 3 rings (SSSR count). The number of aromatic nitrogens is 1. The summed E-state index contributed by atoms with van der Waals surface area (Å²) in [6.45, 7) is 0. The van der Waals surface area contributed by atoms with Gasteiger partial charge in [-0.25, -0.2) is 4.79 Å². The number of nitrogens with one attached hydrogen (secondary N) is 1. The molecule has 102 valence electrons. The number of nitro groups is 1. The van der Waals surface area contributed by atoms with E-state index in [-0.39, 0.29) is 11.6 Å². The van der Waals surface area contributed by atoms with Gasteiger partial charge in [-0.2, -0.15) is 0 Å². The minimum atomic E-state index is -0.687. The van der Waals surface area contributed by atoms with Crippen LogP contribution >= 0.6 is 0 Å². The van der Waals surface area contributed by atoms with Crippen molar-refractivity contribution < 1.29 is 13.8 Å². The number of H-pyrrole nitrogens is 1. The van der Waals surface area contributed by atoms with Crippen molar-refractivity contribution in [1.82, 2.24) is 4.98 Å². The lowest BCUT2D eigenvalue weighted by atomic mass is 10.1. The van der Waals surface area contributed by atoms with Crippen molar-refractivity contribution in [3.63, 3.8) is 0 Å². The molecule has 1 atom stereocenters. The Kier molecular flexibility index (Phi) is 2.65. The summed E-state index contributed by atoms with van der Waals surface area (Å²) in [4.78, 5) is 23.5. The smallest absolute Gasteiger partial charge is 0.408 e. The fourth-order valence-corrected chi connectivity index (χ4v) is 1.93. The summed E-state index contributed by atoms with van der Waals surface area (Å²) in [7, 11) is 0. The number of oxazole rings is 1. The summed E-state index contributed by atoms with van der Waals surface area (Å²) in [6, 6.07) is 6.92. The van der Waals surface area contributed by atoms with Gasteiger partial charge in [0.1, 0.15) is 10.7 Å². The molecule has 0 radical (unpaired) electrons. The van der Waals surface area contributed by atoms with Gasteiger partial charge < -0.3 is 14.6 Å². The zero-order valence-corrected chi connectivity index (χ0v) is 10.0. The molecule has 0 saturated carbocycles. The maximum absolute atomic E-state index is 11.1. The highest BCUT2D eigenvalue weighted by atomic mass is 16.6.